The van der Waals surface area contributed by atoms with E-state index >= 15 is 0 Å². The van der Waals surface area contributed by atoms with Crippen molar-refractivity contribution in [3.05, 3.63) is 182 Å². The van der Waals surface area contributed by atoms with Gasteiger partial charge in [0, 0.05) is 69.7 Å². The lowest BCUT2D eigenvalue weighted by Gasteiger charge is -2.15. The fourth-order valence-corrected chi connectivity index (χ4v) is 9.67. The van der Waals surface area contributed by atoms with E-state index in [1.165, 1.54) is 42.0 Å². The Morgan fingerprint density at radius 1 is 0.386 bits per heavy atom. The molecule has 6 heteroatoms. The summed E-state index contributed by atoms with van der Waals surface area (Å²) in [6, 6.07) is 63.9. The third-order valence-corrected chi connectivity index (χ3v) is 12.3. The Bertz CT molecular complexity index is 3490. The predicted octanol–water partition coefficient (Wildman–Crippen LogP) is 13.9. The highest BCUT2D eigenvalue weighted by molar-refractivity contribution is 7.26. The van der Waals surface area contributed by atoms with E-state index in [1.54, 1.807) is 0 Å². The van der Waals surface area contributed by atoms with Crippen molar-refractivity contribution < 1.29 is 4.42 Å². The number of hydrogen-bond acceptors (Lipinski definition) is 5. The fraction of sp³-hybridized carbons (Fsp3) is 0. The molecule has 0 radical (unpaired) electrons. The van der Waals surface area contributed by atoms with Crippen molar-refractivity contribution in [3.63, 3.8) is 0 Å². The van der Waals surface area contributed by atoms with Crippen LogP contribution in [0.15, 0.2) is 186 Å². The zero-order chi connectivity index (χ0) is 37.5. The van der Waals surface area contributed by atoms with Gasteiger partial charge in [-0.15, -0.1) is 11.3 Å². The van der Waals surface area contributed by atoms with Crippen LogP contribution >= 0.6 is 11.3 Å². The topological polar surface area (TPSA) is 56.7 Å². The van der Waals surface area contributed by atoms with E-state index in [2.05, 4.69) is 138 Å². The Morgan fingerprint density at radius 3 is 1.77 bits per heavy atom. The third-order valence-electron chi connectivity index (χ3n) is 11.1. The third kappa shape index (κ3) is 5.04. The standard InChI is InChI=1S/C51H30N4OS/c1-2-14-31(15-3-1)49-52-50(32-26-27-46-40(28-32)37-19-8-12-24-45(37)56-46)54-51(53-49)39-21-5-4-16-34(39)41-29-33(30-42-38-20-9-13-25-47(38)57-48(41)42)55-43-22-10-6-17-35(43)36-18-7-11-23-44(36)55/h1-30H. The number of rotatable bonds is 5. The van der Waals surface area contributed by atoms with E-state index < -0.39 is 0 Å². The van der Waals surface area contributed by atoms with Crippen LogP contribution in [0.2, 0.25) is 0 Å². The zero-order valence-corrected chi connectivity index (χ0v) is 31.2. The van der Waals surface area contributed by atoms with Crippen LogP contribution in [0.25, 0.3) is 115 Å². The summed E-state index contributed by atoms with van der Waals surface area (Å²) in [5, 5.41) is 7.03. The molecule has 0 atom stereocenters. The minimum Gasteiger partial charge on any atom is -0.456 e. The summed E-state index contributed by atoms with van der Waals surface area (Å²) in [5.74, 6) is 1.84. The molecule has 0 bridgehead atoms. The minimum absolute atomic E-state index is 0.604. The maximum atomic E-state index is 6.18. The summed E-state index contributed by atoms with van der Waals surface area (Å²) in [6.45, 7) is 0. The van der Waals surface area contributed by atoms with E-state index in [1.807, 2.05) is 59.9 Å². The number of hydrogen-bond donors (Lipinski definition) is 0. The summed E-state index contributed by atoms with van der Waals surface area (Å²) >= 11 is 1.83. The van der Waals surface area contributed by atoms with Crippen molar-refractivity contribution in [2.75, 3.05) is 0 Å². The number of fused-ring (bicyclic) bond motifs is 9. The van der Waals surface area contributed by atoms with Gasteiger partial charge in [0.25, 0.3) is 0 Å². The minimum atomic E-state index is 0.604. The van der Waals surface area contributed by atoms with E-state index in [-0.39, 0.29) is 0 Å². The quantitative estimate of drug-likeness (QED) is 0.176. The smallest absolute Gasteiger partial charge is 0.164 e. The van der Waals surface area contributed by atoms with Crippen molar-refractivity contribution in [1.82, 2.24) is 19.5 Å². The molecule has 4 aromatic heterocycles. The van der Waals surface area contributed by atoms with Crippen LogP contribution in [0.4, 0.5) is 0 Å². The molecule has 0 saturated carbocycles. The maximum absolute atomic E-state index is 6.18. The van der Waals surface area contributed by atoms with Gasteiger partial charge >= 0.3 is 0 Å². The van der Waals surface area contributed by atoms with Gasteiger partial charge < -0.3 is 8.98 Å². The maximum Gasteiger partial charge on any atom is 0.164 e. The number of aromatic nitrogens is 4. The van der Waals surface area contributed by atoms with Gasteiger partial charge in [-0.25, -0.2) is 15.0 Å². The van der Waals surface area contributed by atoms with Crippen molar-refractivity contribution in [3.8, 4) is 51.0 Å². The second-order valence-corrected chi connectivity index (χ2v) is 15.4. The Morgan fingerprint density at radius 2 is 0.982 bits per heavy atom. The summed E-state index contributed by atoms with van der Waals surface area (Å²) in [6.07, 6.45) is 0. The van der Waals surface area contributed by atoms with Crippen molar-refractivity contribution in [2.24, 2.45) is 0 Å². The normalized spacial score (nSPS) is 11.9. The SMILES string of the molecule is c1ccc(-c2nc(-c3ccc4oc5ccccc5c4c3)nc(-c3ccccc3-c3cc(-n4c5ccccc5c5ccccc54)cc4c3sc3ccccc34)n2)cc1. The molecule has 12 rings (SSSR count). The highest BCUT2D eigenvalue weighted by atomic mass is 32.1. The van der Waals surface area contributed by atoms with Gasteiger partial charge in [0.2, 0.25) is 0 Å². The highest BCUT2D eigenvalue weighted by Gasteiger charge is 2.21. The van der Waals surface area contributed by atoms with Crippen molar-refractivity contribution in [1.29, 1.82) is 0 Å². The molecule has 4 heterocycles. The van der Waals surface area contributed by atoms with Crippen LogP contribution in [0.1, 0.15) is 0 Å². The summed E-state index contributed by atoms with van der Waals surface area (Å²) in [7, 11) is 0. The molecular weight excluding hydrogens is 717 g/mol. The lowest BCUT2D eigenvalue weighted by Crippen LogP contribution is -2.01. The van der Waals surface area contributed by atoms with Crippen molar-refractivity contribution >= 4 is 75.3 Å². The second-order valence-electron chi connectivity index (χ2n) is 14.4. The van der Waals surface area contributed by atoms with E-state index in [9.17, 15) is 0 Å². The number of nitrogens with zero attached hydrogens (tertiary/aromatic N) is 4. The fourth-order valence-electron chi connectivity index (χ4n) is 8.46. The molecule has 0 fully saturated rings. The Labute approximate surface area is 330 Å². The largest absolute Gasteiger partial charge is 0.456 e. The Balaban J connectivity index is 1.12. The molecule has 266 valence electrons. The first-order chi connectivity index (χ1) is 28.2. The van der Waals surface area contributed by atoms with Crippen LogP contribution in [-0.2, 0) is 0 Å². The molecule has 0 aliphatic carbocycles. The molecule has 0 amide bonds. The average Bonchev–Trinajstić information content (AvgIpc) is 3.96. The van der Waals surface area contributed by atoms with Gasteiger partial charge in [-0.05, 0) is 60.2 Å². The van der Waals surface area contributed by atoms with Crippen LogP contribution in [-0.4, -0.2) is 19.5 Å². The van der Waals surface area contributed by atoms with Crippen LogP contribution in [0, 0.1) is 0 Å². The van der Waals surface area contributed by atoms with Crippen molar-refractivity contribution in [2.45, 2.75) is 0 Å². The zero-order valence-electron chi connectivity index (χ0n) is 30.4. The molecule has 12 aromatic rings. The molecular formula is C51H30N4OS. The average molecular weight is 747 g/mol. The molecule has 0 N–H and O–H groups in total. The number of thiophene rings is 1. The summed E-state index contributed by atoms with van der Waals surface area (Å²) in [5.41, 5.74) is 10.1. The lowest BCUT2D eigenvalue weighted by atomic mass is 9.96. The Kier molecular flexibility index (Phi) is 7.03. The molecule has 0 aliphatic heterocycles. The van der Waals surface area contributed by atoms with Crippen LogP contribution < -0.4 is 0 Å². The van der Waals surface area contributed by atoms with E-state index in [4.69, 9.17) is 19.4 Å². The van der Waals surface area contributed by atoms with Gasteiger partial charge in [0.05, 0.1) is 11.0 Å². The van der Waals surface area contributed by atoms with Gasteiger partial charge in [0.15, 0.2) is 17.5 Å². The van der Waals surface area contributed by atoms with Gasteiger partial charge in [0.1, 0.15) is 11.2 Å². The van der Waals surface area contributed by atoms with E-state index in [0.29, 0.717) is 17.5 Å². The van der Waals surface area contributed by atoms with Crippen LogP contribution in [0.5, 0.6) is 0 Å². The molecule has 0 saturated heterocycles. The molecule has 0 spiro atoms. The first kappa shape index (κ1) is 31.9. The number of para-hydroxylation sites is 3. The number of furan rings is 1. The number of benzene rings is 8. The first-order valence-electron chi connectivity index (χ1n) is 19.0. The summed E-state index contributed by atoms with van der Waals surface area (Å²) in [4.78, 5) is 15.6. The first-order valence-corrected chi connectivity index (χ1v) is 19.8. The van der Waals surface area contributed by atoms with Gasteiger partial charge in [-0.1, -0.05) is 127 Å². The Hall–Kier alpha value is -7.41. The highest BCUT2D eigenvalue weighted by Crippen LogP contribution is 2.45. The van der Waals surface area contributed by atoms with Gasteiger partial charge in [-0.2, -0.15) is 0 Å². The summed E-state index contributed by atoms with van der Waals surface area (Å²) < 4.78 is 11.1. The molecule has 0 aliphatic rings. The lowest BCUT2D eigenvalue weighted by molar-refractivity contribution is 0.669. The molecule has 5 nitrogen and oxygen atoms in total. The molecule has 57 heavy (non-hydrogen) atoms. The van der Waals surface area contributed by atoms with E-state index in [0.717, 1.165) is 55.4 Å². The molecule has 8 aromatic carbocycles. The van der Waals surface area contributed by atoms with Gasteiger partial charge in [-0.3, -0.25) is 0 Å². The second kappa shape index (κ2) is 12.6. The molecule has 0 unspecified atom stereocenters. The van der Waals surface area contributed by atoms with Crippen LogP contribution in [0.3, 0.4) is 0 Å². The monoisotopic (exact) mass is 746 g/mol. The predicted molar refractivity (Wildman–Crippen MR) is 236 cm³/mol.